The van der Waals surface area contributed by atoms with Crippen molar-refractivity contribution < 1.29 is 9.90 Å². The maximum Gasteiger partial charge on any atom is 0.150 e. The summed E-state index contributed by atoms with van der Waals surface area (Å²) in [5.41, 5.74) is 1.07. The second-order valence-electron chi connectivity index (χ2n) is 4.85. The van der Waals surface area contributed by atoms with E-state index in [1.165, 1.54) is 0 Å². The number of nitrogens with zero attached hydrogens (tertiary/aromatic N) is 1. The largest absolute Gasteiger partial charge is 0.388 e. The summed E-state index contributed by atoms with van der Waals surface area (Å²) in [6, 6.07) is 5.54. The molecule has 1 saturated heterocycles. The van der Waals surface area contributed by atoms with Crippen LogP contribution in [-0.4, -0.2) is 30.1 Å². The second-order valence-corrected chi connectivity index (χ2v) is 5.71. The Labute approximate surface area is 110 Å². The highest BCUT2D eigenvalue weighted by molar-refractivity contribution is 9.10. The monoisotopic (exact) mass is 297 g/mol. The maximum atomic E-state index is 10.7. The van der Waals surface area contributed by atoms with E-state index in [4.69, 9.17) is 0 Å². The summed E-state index contributed by atoms with van der Waals surface area (Å²) >= 11 is 3.48. The third-order valence-electron chi connectivity index (χ3n) is 3.12. The molecule has 0 aliphatic carbocycles. The fourth-order valence-electron chi connectivity index (χ4n) is 2.28. The Morgan fingerprint density at radius 2 is 2.29 bits per heavy atom. The number of aldehydes is 1. The minimum Gasteiger partial charge on any atom is -0.388 e. The zero-order chi connectivity index (χ0) is 12.5. The number of hydrogen-bond donors (Lipinski definition) is 1. The Kier molecular flexibility index (Phi) is 3.54. The maximum absolute atomic E-state index is 10.7. The number of aliphatic hydroxyl groups is 1. The molecule has 0 aromatic heterocycles. The van der Waals surface area contributed by atoms with Crippen molar-refractivity contribution >= 4 is 27.9 Å². The third-order valence-corrected chi connectivity index (χ3v) is 3.76. The van der Waals surface area contributed by atoms with Crippen molar-refractivity contribution in [3.63, 3.8) is 0 Å². The van der Waals surface area contributed by atoms with Crippen LogP contribution in [0.3, 0.4) is 0 Å². The molecule has 1 aliphatic rings. The minimum absolute atomic E-state index is 0.624. The predicted octanol–water partition coefficient (Wildman–Crippen LogP) is 2.61. The molecule has 1 fully saturated rings. The van der Waals surface area contributed by atoms with Gasteiger partial charge in [0, 0.05) is 23.1 Å². The van der Waals surface area contributed by atoms with Gasteiger partial charge in [0.05, 0.1) is 11.3 Å². The minimum atomic E-state index is -0.624. The van der Waals surface area contributed by atoms with E-state index in [1.807, 2.05) is 19.1 Å². The van der Waals surface area contributed by atoms with Crippen molar-refractivity contribution in [2.75, 3.05) is 18.0 Å². The van der Waals surface area contributed by atoms with Crippen LogP contribution in [0.5, 0.6) is 0 Å². The normalized spacial score (nSPS) is 24.8. The Morgan fingerprint density at radius 1 is 1.53 bits per heavy atom. The van der Waals surface area contributed by atoms with Gasteiger partial charge in [0.1, 0.15) is 6.29 Å². The number of hydrogen-bond acceptors (Lipinski definition) is 3. The van der Waals surface area contributed by atoms with Crippen molar-refractivity contribution in [2.45, 2.75) is 25.4 Å². The summed E-state index contributed by atoms with van der Waals surface area (Å²) in [4.78, 5) is 12.8. The Morgan fingerprint density at radius 3 is 2.88 bits per heavy atom. The molecule has 0 spiro atoms. The lowest BCUT2D eigenvalue weighted by molar-refractivity contribution is 0.0449. The average Bonchev–Trinajstić information content (AvgIpc) is 2.27. The fourth-order valence-corrected chi connectivity index (χ4v) is 2.93. The van der Waals surface area contributed by atoms with Crippen LogP contribution < -0.4 is 4.90 Å². The molecule has 1 heterocycles. The van der Waals surface area contributed by atoms with E-state index in [9.17, 15) is 9.90 Å². The topological polar surface area (TPSA) is 40.5 Å². The molecule has 1 aromatic carbocycles. The molecule has 0 bridgehead atoms. The van der Waals surface area contributed by atoms with Gasteiger partial charge in [0.2, 0.25) is 0 Å². The molecular weight excluding hydrogens is 282 g/mol. The van der Waals surface area contributed by atoms with Crippen molar-refractivity contribution in [3.05, 3.63) is 28.2 Å². The van der Waals surface area contributed by atoms with E-state index in [0.717, 1.165) is 35.8 Å². The van der Waals surface area contributed by atoms with Crippen LogP contribution in [0.15, 0.2) is 22.7 Å². The molecular formula is C13H16BrNO2. The van der Waals surface area contributed by atoms with Crippen LogP contribution in [-0.2, 0) is 0 Å². The van der Waals surface area contributed by atoms with E-state index in [-0.39, 0.29) is 0 Å². The van der Waals surface area contributed by atoms with Crippen molar-refractivity contribution in [2.24, 2.45) is 0 Å². The number of piperidine rings is 1. The predicted molar refractivity (Wildman–Crippen MR) is 71.6 cm³/mol. The third kappa shape index (κ3) is 2.87. The number of carbonyl (C=O) groups is 1. The van der Waals surface area contributed by atoms with E-state index in [1.54, 1.807) is 6.07 Å². The number of anilines is 1. The molecule has 1 unspecified atom stereocenters. The van der Waals surface area contributed by atoms with Gasteiger partial charge in [-0.2, -0.15) is 0 Å². The van der Waals surface area contributed by atoms with Gasteiger partial charge in [-0.15, -0.1) is 0 Å². The zero-order valence-corrected chi connectivity index (χ0v) is 11.4. The van der Waals surface area contributed by atoms with Gasteiger partial charge in [-0.25, -0.2) is 0 Å². The van der Waals surface area contributed by atoms with Crippen LogP contribution in [0.1, 0.15) is 30.1 Å². The van der Waals surface area contributed by atoms with E-state index >= 15 is 0 Å². The fraction of sp³-hybridized carbons (Fsp3) is 0.462. The molecule has 92 valence electrons. The molecule has 2 rings (SSSR count). The first-order valence-electron chi connectivity index (χ1n) is 5.74. The molecule has 1 N–H and O–H groups in total. The number of rotatable bonds is 2. The lowest BCUT2D eigenvalue weighted by Crippen LogP contribution is -2.46. The van der Waals surface area contributed by atoms with Gasteiger partial charge >= 0.3 is 0 Å². The molecule has 0 amide bonds. The Bertz CT molecular complexity index is 431. The van der Waals surface area contributed by atoms with Gasteiger partial charge in [0.15, 0.2) is 0 Å². The van der Waals surface area contributed by atoms with Crippen LogP contribution in [0.2, 0.25) is 0 Å². The highest BCUT2D eigenvalue weighted by Crippen LogP contribution is 2.31. The highest BCUT2D eigenvalue weighted by atomic mass is 79.9. The standard InChI is InChI=1S/C13H16BrNO2/c1-13(17)5-2-6-15(9-13)12-4-3-10(8-16)7-11(12)14/h3-4,7-8,17H,2,5-6,9H2,1H3. The van der Waals surface area contributed by atoms with Crippen LogP contribution in [0.25, 0.3) is 0 Å². The van der Waals surface area contributed by atoms with Gasteiger partial charge in [0.25, 0.3) is 0 Å². The van der Waals surface area contributed by atoms with E-state index in [0.29, 0.717) is 12.1 Å². The lowest BCUT2D eigenvalue weighted by atomic mass is 9.95. The van der Waals surface area contributed by atoms with Gasteiger partial charge in [-0.1, -0.05) is 0 Å². The van der Waals surface area contributed by atoms with Crippen molar-refractivity contribution in [3.8, 4) is 0 Å². The zero-order valence-electron chi connectivity index (χ0n) is 9.82. The summed E-state index contributed by atoms with van der Waals surface area (Å²) in [6.07, 6.45) is 2.66. The van der Waals surface area contributed by atoms with Crippen LogP contribution in [0.4, 0.5) is 5.69 Å². The molecule has 0 radical (unpaired) electrons. The van der Waals surface area contributed by atoms with Crippen LogP contribution >= 0.6 is 15.9 Å². The molecule has 4 heteroatoms. The van der Waals surface area contributed by atoms with Crippen molar-refractivity contribution in [1.82, 2.24) is 0 Å². The molecule has 1 aliphatic heterocycles. The first kappa shape index (κ1) is 12.6. The first-order valence-corrected chi connectivity index (χ1v) is 6.53. The van der Waals surface area contributed by atoms with Gasteiger partial charge < -0.3 is 10.0 Å². The van der Waals surface area contributed by atoms with Crippen LogP contribution in [0, 0.1) is 0 Å². The number of carbonyl (C=O) groups excluding carboxylic acids is 1. The lowest BCUT2D eigenvalue weighted by Gasteiger charge is -2.38. The first-order chi connectivity index (χ1) is 8.02. The quantitative estimate of drug-likeness (QED) is 0.853. The molecule has 17 heavy (non-hydrogen) atoms. The Hall–Kier alpha value is -0.870. The molecule has 1 aromatic rings. The summed E-state index contributed by atoms with van der Waals surface area (Å²) in [6.45, 7) is 3.44. The van der Waals surface area contributed by atoms with E-state index in [2.05, 4.69) is 20.8 Å². The summed E-state index contributed by atoms with van der Waals surface area (Å²) in [5, 5.41) is 10.1. The average molecular weight is 298 g/mol. The van der Waals surface area contributed by atoms with Gasteiger partial charge in [-0.3, -0.25) is 4.79 Å². The Balaban J connectivity index is 2.25. The number of β-amino-alcohol motifs (C(OH)–C–C–N with tert-alkyl or cyclic N) is 1. The number of benzene rings is 1. The van der Waals surface area contributed by atoms with E-state index < -0.39 is 5.60 Å². The molecule has 0 saturated carbocycles. The number of halogens is 1. The molecule has 1 atom stereocenters. The summed E-state index contributed by atoms with van der Waals surface area (Å²) in [5.74, 6) is 0. The smallest absolute Gasteiger partial charge is 0.150 e. The molecule has 3 nitrogen and oxygen atoms in total. The summed E-state index contributed by atoms with van der Waals surface area (Å²) < 4.78 is 0.903. The SMILES string of the molecule is CC1(O)CCCN(c2ccc(C=O)cc2Br)C1. The van der Waals surface area contributed by atoms with Crippen molar-refractivity contribution in [1.29, 1.82) is 0 Å². The second kappa shape index (κ2) is 4.78. The highest BCUT2D eigenvalue weighted by Gasteiger charge is 2.29. The van der Waals surface area contributed by atoms with Gasteiger partial charge in [-0.05, 0) is 53.9 Å². The summed E-state index contributed by atoms with van der Waals surface area (Å²) in [7, 11) is 0.